The molecule has 3 rings (SSSR count). The highest BCUT2D eigenvalue weighted by Crippen LogP contribution is 2.35. The van der Waals surface area contributed by atoms with Gasteiger partial charge in [0.1, 0.15) is 11.4 Å². The first kappa shape index (κ1) is 13.3. The molecule has 0 aliphatic heterocycles. The zero-order chi connectivity index (χ0) is 14.7. The SMILES string of the molecule is CCc1ccc(N=Nc2c(O)ccc3ccccc23)cc1. The van der Waals surface area contributed by atoms with Gasteiger partial charge in [0.15, 0.2) is 0 Å². The summed E-state index contributed by atoms with van der Waals surface area (Å²) in [6.07, 6.45) is 1.00. The lowest BCUT2D eigenvalue weighted by Gasteiger charge is -2.03. The van der Waals surface area contributed by atoms with Crippen molar-refractivity contribution in [1.29, 1.82) is 0 Å². The maximum Gasteiger partial charge on any atom is 0.143 e. The molecule has 0 aromatic heterocycles. The monoisotopic (exact) mass is 276 g/mol. The number of aromatic hydroxyl groups is 1. The van der Waals surface area contributed by atoms with Crippen LogP contribution in [0.1, 0.15) is 12.5 Å². The molecule has 0 radical (unpaired) electrons. The average molecular weight is 276 g/mol. The van der Waals surface area contributed by atoms with Crippen LogP contribution < -0.4 is 0 Å². The van der Waals surface area contributed by atoms with E-state index in [1.807, 2.05) is 54.6 Å². The van der Waals surface area contributed by atoms with Crippen LogP contribution in [0.2, 0.25) is 0 Å². The molecule has 0 aliphatic carbocycles. The number of phenolic OH excluding ortho intramolecular Hbond substituents is 1. The molecule has 104 valence electrons. The van der Waals surface area contributed by atoms with Crippen LogP contribution in [0.15, 0.2) is 70.9 Å². The lowest BCUT2D eigenvalue weighted by atomic mass is 10.1. The van der Waals surface area contributed by atoms with E-state index in [0.717, 1.165) is 22.9 Å². The van der Waals surface area contributed by atoms with Crippen molar-refractivity contribution in [3.8, 4) is 5.75 Å². The van der Waals surface area contributed by atoms with Gasteiger partial charge in [-0.3, -0.25) is 0 Å². The maximum absolute atomic E-state index is 10.0. The van der Waals surface area contributed by atoms with E-state index in [0.29, 0.717) is 5.69 Å². The van der Waals surface area contributed by atoms with Gasteiger partial charge in [-0.15, -0.1) is 5.11 Å². The highest BCUT2D eigenvalue weighted by Gasteiger charge is 2.05. The lowest BCUT2D eigenvalue weighted by molar-refractivity contribution is 0.477. The van der Waals surface area contributed by atoms with Gasteiger partial charge in [-0.1, -0.05) is 49.4 Å². The quantitative estimate of drug-likeness (QED) is 0.628. The summed E-state index contributed by atoms with van der Waals surface area (Å²) < 4.78 is 0. The lowest BCUT2D eigenvalue weighted by Crippen LogP contribution is -1.77. The van der Waals surface area contributed by atoms with E-state index in [4.69, 9.17) is 0 Å². The number of phenols is 1. The summed E-state index contributed by atoms with van der Waals surface area (Å²) in [6.45, 7) is 2.12. The predicted molar refractivity (Wildman–Crippen MR) is 85.6 cm³/mol. The molecule has 3 nitrogen and oxygen atoms in total. The van der Waals surface area contributed by atoms with E-state index in [1.165, 1.54) is 5.56 Å². The van der Waals surface area contributed by atoms with Gasteiger partial charge in [-0.25, -0.2) is 0 Å². The Hall–Kier alpha value is -2.68. The smallest absolute Gasteiger partial charge is 0.143 e. The van der Waals surface area contributed by atoms with Crippen molar-refractivity contribution >= 4 is 22.1 Å². The Kier molecular flexibility index (Phi) is 3.65. The number of nitrogens with zero attached hydrogens (tertiary/aromatic N) is 2. The second-order valence-corrected chi connectivity index (χ2v) is 4.87. The van der Waals surface area contributed by atoms with Crippen molar-refractivity contribution in [1.82, 2.24) is 0 Å². The molecule has 0 atom stereocenters. The van der Waals surface area contributed by atoms with Crippen LogP contribution >= 0.6 is 0 Å². The molecule has 0 amide bonds. The number of hydrogen-bond acceptors (Lipinski definition) is 3. The molecule has 3 aromatic rings. The molecule has 0 spiro atoms. The van der Waals surface area contributed by atoms with Crippen LogP contribution in [0, 0.1) is 0 Å². The molecule has 0 saturated carbocycles. The van der Waals surface area contributed by atoms with Crippen molar-refractivity contribution in [3.63, 3.8) is 0 Å². The number of aryl methyl sites for hydroxylation is 1. The molecule has 1 N–H and O–H groups in total. The summed E-state index contributed by atoms with van der Waals surface area (Å²) in [5.41, 5.74) is 2.55. The number of benzene rings is 3. The number of fused-ring (bicyclic) bond motifs is 1. The summed E-state index contributed by atoms with van der Waals surface area (Å²) in [5, 5.41) is 20.4. The summed E-state index contributed by atoms with van der Waals surface area (Å²) in [6, 6.07) is 19.3. The summed E-state index contributed by atoms with van der Waals surface area (Å²) in [5.74, 6) is 0.141. The Bertz CT molecular complexity index is 792. The first-order valence-electron chi connectivity index (χ1n) is 6.99. The fourth-order valence-electron chi connectivity index (χ4n) is 2.25. The van der Waals surface area contributed by atoms with Gasteiger partial charge in [0.2, 0.25) is 0 Å². The Morgan fingerprint density at radius 2 is 1.62 bits per heavy atom. The van der Waals surface area contributed by atoms with E-state index in [-0.39, 0.29) is 5.75 Å². The first-order valence-corrected chi connectivity index (χ1v) is 6.99. The van der Waals surface area contributed by atoms with E-state index >= 15 is 0 Å². The normalized spacial score (nSPS) is 11.3. The van der Waals surface area contributed by atoms with Crippen LogP contribution in [0.5, 0.6) is 5.75 Å². The zero-order valence-corrected chi connectivity index (χ0v) is 11.8. The van der Waals surface area contributed by atoms with E-state index in [9.17, 15) is 5.11 Å². The molecular formula is C18H16N2O. The van der Waals surface area contributed by atoms with Crippen molar-refractivity contribution < 1.29 is 5.11 Å². The Balaban J connectivity index is 2.00. The van der Waals surface area contributed by atoms with Crippen LogP contribution in [-0.4, -0.2) is 5.11 Å². The standard InChI is InChI=1S/C18H16N2O/c1-2-13-7-10-15(11-8-13)19-20-18-16-6-4-3-5-14(16)9-12-17(18)21/h3-12,21H,2H2,1H3. The second-order valence-electron chi connectivity index (χ2n) is 4.87. The van der Waals surface area contributed by atoms with Crippen LogP contribution in [0.4, 0.5) is 11.4 Å². The third kappa shape index (κ3) is 2.77. The predicted octanol–water partition coefficient (Wildman–Crippen LogP) is 5.52. The Morgan fingerprint density at radius 1 is 0.857 bits per heavy atom. The molecular weight excluding hydrogens is 260 g/mol. The number of azo groups is 1. The van der Waals surface area contributed by atoms with Gasteiger partial charge in [0.05, 0.1) is 5.69 Å². The Labute approximate surface area is 123 Å². The van der Waals surface area contributed by atoms with Crippen LogP contribution in [0.3, 0.4) is 0 Å². The van der Waals surface area contributed by atoms with Gasteiger partial charge >= 0.3 is 0 Å². The first-order chi connectivity index (χ1) is 10.3. The summed E-state index contributed by atoms with van der Waals surface area (Å²) in [7, 11) is 0. The van der Waals surface area contributed by atoms with Gasteiger partial charge < -0.3 is 5.11 Å². The third-order valence-corrected chi connectivity index (χ3v) is 3.49. The molecule has 21 heavy (non-hydrogen) atoms. The topological polar surface area (TPSA) is 45.0 Å². The number of rotatable bonds is 3. The Morgan fingerprint density at radius 3 is 2.38 bits per heavy atom. The maximum atomic E-state index is 10.0. The van der Waals surface area contributed by atoms with Crippen molar-refractivity contribution in [2.75, 3.05) is 0 Å². The van der Waals surface area contributed by atoms with Crippen molar-refractivity contribution in [2.45, 2.75) is 13.3 Å². The van der Waals surface area contributed by atoms with Gasteiger partial charge in [-0.2, -0.15) is 5.11 Å². The minimum Gasteiger partial charge on any atom is -0.506 e. The van der Waals surface area contributed by atoms with Gasteiger partial charge in [0, 0.05) is 5.39 Å². The zero-order valence-electron chi connectivity index (χ0n) is 11.8. The number of hydrogen-bond donors (Lipinski definition) is 1. The fourth-order valence-corrected chi connectivity index (χ4v) is 2.25. The van der Waals surface area contributed by atoms with Gasteiger partial charge in [-0.05, 0) is 35.6 Å². The van der Waals surface area contributed by atoms with Crippen molar-refractivity contribution in [2.24, 2.45) is 10.2 Å². The molecule has 0 aliphatic rings. The van der Waals surface area contributed by atoms with Crippen LogP contribution in [0.25, 0.3) is 10.8 Å². The van der Waals surface area contributed by atoms with Gasteiger partial charge in [0.25, 0.3) is 0 Å². The summed E-state index contributed by atoms with van der Waals surface area (Å²) in [4.78, 5) is 0. The fraction of sp³-hybridized carbons (Fsp3) is 0.111. The largest absolute Gasteiger partial charge is 0.506 e. The molecule has 0 saturated heterocycles. The van der Waals surface area contributed by atoms with Crippen molar-refractivity contribution in [3.05, 3.63) is 66.2 Å². The van der Waals surface area contributed by atoms with E-state index < -0.39 is 0 Å². The van der Waals surface area contributed by atoms with E-state index in [2.05, 4.69) is 17.2 Å². The van der Waals surface area contributed by atoms with Crippen LogP contribution in [-0.2, 0) is 6.42 Å². The third-order valence-electron chi connectivity index (χ3n) is 3.49. The minimum atomic E-state index is 0.141. The average Bonchev–Trinajstić information content (AvgIpc) is 2.54. The minimum absolute atomic E-state index is 0.141. The molecule has 0 fully saturated rings. The molecule has 0 heterocycles. The molecule has 3 aromatic carbocycles. The second kappa shape index (κ2) is 5.75. The molecule has 0 bridgehead atoms. The summed E-state index contributed by atoms with van der Waals surface area (Å²) >= 11 is 0. The molecule has 3 heteroatoms. The molecule has 0 unspecified atom stereocenters. The van der Waals surface area contributed by atoms with E-state index in [1.54, 1.807) is 6.07 Å². The highest BCUT2D eigenvalue weighted by atomic mass is 16.3. The highest BCUT2D eigenvalue weighted by molar-refractivity contribution is 5.95.